The minimum absolute atomic E-state index is 0.000377. The van der Waals surface area contributed by atoms with Crippen LogP contribution in [0.1, 0.15) is 54.4 Å². The van der Waals surface area contributed by atoms with Gasteiger partial charge in [0.25, 0.3) is 0 Å². The van der Waals surface area contributed by atoms with E-state index >= 15 is 0 Å². The highest BCUT2D eigenvalue weighted by molar-refractivity contribution is 6.51. The maximum absolute atomic E-state index is 12.0. The molecular weight excluding hydrogens is 311 g/mol. The summed E-state index contributed by atoms with van der Waals surface area (Å²) in [6, 6.07) is 0. The molecule has 0 saturated carbocycles. The minimum Gasteiger partial charge on any atom is -0.466 e. The Hall–Kier alpha value is -1.34. The van der Waals surface area contributed by atoms with Gasteiger partial charge in [-0.3, -0.25) is 9.59 Å². The average Bonchev–Trinajstić information content (AvgIpc) is 2.66. The maximum atomic E-state index is 12.0. The second-order valence-electron chi connectivity index (χ2n) is 6.75. The lowest BCUT2D eigenvalue weighted by atomic mass is 9.88. The first-order valence-electron chi connectivity index (χ1n) is 8.47. The third kappa shape index (κ3) is 5.63. The van der Waals surface area contributed by atoms with E-state index in [-0.39, 0.29) is 19.6 Å². The summed E-state index contributed by atoms with van der Waals surface area (Å²) in [5.74, 6) is 0.403. The third-order valence-corrected chi connectivity index (χ3v) is 4.32. The highest BCUT2D eigenvalue weighted by atomic mass is 16.7. The number of carbonyl (C=O) groups excluding carboxylic acids is 2. The van der Waals surface area contributed by atoms with Gasteiger partial charge < -0.3 is 18.8 Å². The smallest absolute Gasteiger partial charge is 0.466 e. The highest BCUT2D eigenvalue weighted by Crippen LogP contribution is 2.36. The molecule has 0 aromatic heterocycles. The Morgan fingerprint density at radius 2 is 1.58 bits per heavy atom. The predicted octanol–water partition coefficient (Wildman–Crippen LogP) is 2.70. The molecule has 1 aliphatic rings. The molecule has 1 aliphatic heterocycles. The molecule has 7 heteroatoms. The standard InChI is InChI=1S/C17H29BO6/c1-7-21-14(19)12-13(15(20)22-8-2)10-9-11-18-23-16(3,4)17(5,6)24-18/h9,11,13H,7-8,10,12H2,1-6H3/b11-9+/t13-/m0/s1. The van der Waals surface area contributed by atoms with Crippen LogP contribution >= 0.6 is 0 Å². The Morgan fingerprint density at radius 3 is 2.08 bits per heavy atom. The van der Waals surface area contributed by atoms with E-state index in [0.717, 1.165) is 0 Å². The molecule has 6 nitrogen and oxygen atoms in total. The Kier molecular flexibility index (Phi) is 7.48. The molecule has 136 valence electrons. The van der Waals surface area contributed by atoms with Gasteiger partial charge in [-0.2, -0.15) is 0 Å². The van der Waals surface area contributed by atoms with E-state index in [4.69, 9.17) is 18.8 Å². The average molecular weight is 340 g/mol. The Balaban J connectivity index is 2.64. The molecule has 0 bridgehead atoms. The number of allylic oxidation sites excluding steroid dienone is 1. The lowest BCUT2D eigenvalue weighted by molar-refractivity contribution is -0.154. The van der Waals surface area contributed by atoms with Crippen LogP contribution in [-0.2, 0) is 28.4 Å². The van der Waals surface area contributed by atoms with Crippen LogP contribution in [-0.4, -0.2) is 43.5 Å². The fourth-order valence-electron chi connectivity index (χ4n) is 2.27. The summed E-state index contributed by atoms with van der Waals surface area (Å²) >= 11 is 0. The summed E-state index contributed by atoms with van der Waals surface area (Å²) in [6.07, 6.45) is 2.16. The van der Waals surface area contributed by atoms with E-state index in [1.165, 1.54) is 0 Å². The number of carbonyl (C=O) groups is 2. The zero-order valence-electron chi connectivity index (χ0n) is 15.6. The van der Waals surface area contributed by atoms with Gasteiger partial charge in [-0.15, -0.1) is 0 Å². The van der Waals surface area contributed by atoms with Crippen molar-refractivity contribution >= 4 is 19.1 Å². The summed E-state index contributed by atoms with van der Waals surface area (Å²) in [6.45, 7) is 11.9. The van der Waals surface area contributed by atoms with Crippen LogP contribution < -0.4 is 0 Å². The molecule has 1 heterocycles. The number of ether oxygens (including phenoxy) is 2. The van der Waals surface area contributed by atoms with E-state index < -0.39 is 36.2 Å². The lowest BCUT2D eigenvalue weighted by Crippen LogP contribution is -2.41. The third-order valence-electron chi connectivity index (χ3n) is 4.32. The first-order valence-corrected chi connectivity index (χ1v) is 8.47. The Morgan fingerprint density at radius 1 is 1.04 bits per heavy atom. The van der Waals surface area contributed by atoms with Crippen LogP contribution in [0.5, 0.6) is 0 Å². The van der Waals surface area contributed by atoms with Crippen LogP contribution in [0.25, 0.3) is 0 Å². The van der Waals surface area contributed by atoms with Crippen molar-refractivity contribution in [2.45, 2.75) is 65.6 Å². The van der Waals surface area contributed by atoms with Crippen molar-refractivity contribution in [2.24, 2.45) is 5.92 Å². The molecule has 1 saturated heterocycles. The van der Waals surface area contributed by atoms with Crippen LogP contribution in [0.4, 0.5) is 0 Å². The molecule has 0 N–H and O–H groups in total. The molecule has 0 spiro atoms. The molecule has 1 atom stereocenters. The maximum Gasteiger partial charge on any atom is 0.486 e. The first-order chi connectivity index (χ1) is 11.1. The van der Waals surface area contributed by atoms with Gasteiger partial charge in [0.2, 0.25) is 0 Å². The van der Waals surface area contributed by atoms with E-state index in [1.807, 2.05) is 27.7 Å². The molecule has 0 aromatic carbocycles. The normalized spacial score (nSPS) is 20.2. The van der Waals surface area contributed by atoms with E-state index in [9.17, 15) is 9.59 Å². The molecule has 0 unspecified atom stereocenters. The van der Waals surface area contributed by atoms with Crippen LogP contribution in [0, 0.1) is 5.92 Å². The van der Waals surface area contributed by atoms with Gasteiger partial charge in [0.1, 0.15) is 0 Å². The number of esters is 2. The topological polar surface area (TPSA) is 71.1 Å². The van der Waals surface area contributed by atoms with Crippen molar-refractivity contribution in [3.8, 4) is 0 Å². The molecule has 0 amide bonds. The molecule has 0 radical (unpaired) electrons. The van der Waals surface area contributed by atoms with Gasteiger partial charge in [-0.25, -0.2) is 0 Å². The monoisotopic (exact) mass is 340 g/mol. The summed E-state index contributed by atoms with van der Waals surface area (Å²) in [4.78, 5) is 23.6. The van der Waals surface area contributed by atoms with Gasteiger partial charge in [0, 0.05) is 0 Å². The number of hydrogen-bond acceptors (Lipinski definition) is 6. The van der Waals surface area contributed by atoms with Crippen molar-refractivity contribution in [3.05, 3.63) is 12.1 Å². The fraction of sp³-hybridized carbons (Fsp3) is 0.765. The lowest BCUT2D eigenvalue weighted by Gasteiger charge is -2.32. The summed E-state index contributed by atoms with van der Waals surface area (Å²) in [5, 5.41) is 0. The quantitative estimate of drug-likeness (QED) is 0.500. The zero-order chi connectivity index (χ0) is 18.4. The second kappa shape index (κ2) is 8.67. The van der Waals surface area contributed by atoms with E-state index in [0.29, 0.717) is 6.42 Å². The van der Waals surface area contributed by atoms with Crippen molar-refractivity contribution < 1.29 is 28.4 Å². The number of hydrogen-bond donors (Lipinski definition) is 0. The molecule has 0 aliphatic carbocycles. The summed E-state index contributed by atoms with van der Waals surface area (Å²) < 4.78 is 21.7. The second-order valence-corrected chi connectivity index (χ2v) is 6.75. The SMILES string of the molecule is CCOC(=O)C[C@H](C/C=C/B1OC(C)(C)C(C)(C)O1)C(=O)OCC. The van der Waals surface area contributed by atoms with Gasteiger partial charge in [0.05, 0.1) is 36.8 Å². The minimum atomic E-state index is -0.567. The highest BCUT2D eigenvalue weighted by Gasteiger charge is 2.50. The van der Waals surface area contributed by atoms with Gasteiger partial charge in [0.15, 0.2) is 0 Å². The molecule has 1 rings (SSSR count). The Bertz CT molecular complexity index is 456. The van der Waals surface area contributed by atoms with Crippen molar-refractivity contribution in [1.82, 2.24) is 0 Å². The van der Waals surface area contributed by atoms with Crippen molar-refractivity contribution in [1.29, 1.82) is 0 Å². The van der Waals surface area contributed by atoms with Crippen LogP contribution in [0.15, 0.2) is 12.1 Å². The van der Waals surface area contributed by atoms with Crippen molar-refractivity contribution in [2.75, 3.05) is 13.2 Å². The largest absolute Gasteiger partial charge is 0.486 e. The van der Waals surface area contributed by atoms with Gasteiger partial charge in [-0.05, 0) is 48.0 Å². The molecule has 24 heavy (non-hydrogen) atoms. The summed E-state index contributed by atoms with van der Waals surface area (Å²) in [5.41, 5.74) is -0.818. The fourth-order valence-corrected chi connectivity index (χ4v) is 2.27. The van der Waals surface area contributed by atoms with Gasteiger partial charge in [-0.1, -0.05) is 12.1 Å². The van der Waals surface area contributed by atoms with E-state index in [1.54, 1.807) is 25.9 Å². The van der Waals surface area contributed by atoms with Crippen LogP contribution in [0.2, 0.25) is 0 Å². The number of rotatable bonds is 8. The molecule has 0 aromatic rings. The van der Waals surface area contributed by atoms with Gasteiger partial charge >= 0.3 is 19.1 Å². The summed E-state index contributed by atoms with van der Waals surface area (Å²) in [7, 11) is -0.472. The van der Waals surface area contributed by atoms with Crippen molar-refractivity contribution in [3.63, 3.8) is 0 Å². The Labute approximate surface area is 145 Å². The first kappa shape index (κ1) is 20.7. The van der Waals surface area contributed by atoms with E-state index in [2.05, 4.69) is 0 Å². The molecule has 1 fully saturated rings. The molecular formula is C17H29BO6. The zero-order valence-corrected chi connectivity index (χ0v) is 15.6. The predicted molar refractivity (Wildman–Crippen MR) is 91.2 cm³/mol. The van der Waals surface area contributed by atoms with Crippen LogP contribution in [0.3, 0.4) is 0 Å².